The summed E-state index contributed by atoms with van der Waals surface area (Å²) in [6.45, 7) is 1.70. The van der Waals surface area contributed by atoms with Gasteiger partial charge >= 0.3 is 6.18 Å². The number of nitrogens with one attached hydrogen (secondary N) is 2. The lowest BCUT2D eigenvalue weighted by atomic mass is 10.2. The number of hydrogen-bond acceptors (Lipinski definition) is 7. The molecule has 34 heavy (non-hydrogen) atoms. The number of anilines is 1. The zero-order valence-electron chi connectivity index (χ0n) is 17.5. The van der Waals surface area contributed by atoms with Crippen molar-refractivity contribution >= 4 is 51.6 Å². The minimum absolute atomic E-state index is 0.0177. The average molecular weight is 510 g/mol. The van der Waals surface area contributed by atoms with E-state index in [-0.39, 0.29) is 16.5 Å². The molecule has 0 fully saturated rings. The van der Waals surface area contributed by atoms with Gasteiger partial charge < -0.3 is 15.2 Å². The molecule has 0 aliphatic carbocycles. The van der Waals surface area contributed by atoms with Crippen molar-refractivity contribution in [2.45, 2.75) is 19.1 Å². The van der Waals surface area contributed by atoms with E-state index < -0.39 is 34.6 Å². The first kappa shape index (κ1) is 23.6. The first-order chi connectivity index (χ1) is 16.0. The van der Waals surface area contributed by atoms with Gasteiger partial charge in [0.1, 0.15) is 17.0 Å². The summed E-state index contributed by atoms with van der Waals surface area (Å²) in [7, 11) is 1.80. The number of rotatable bonds is 5. The first-order valence-corrected chi connectivity index (χ1v) is 10.8. The van der Waals surface area contributed by atoms with Crippen molar-refractivity contribution in [3.63, 3.8) is 0 Å². The van der Waals surface area contributed by atoms with Crippen molar-refractivity contribution in [3.05, 3.63) is 63.2 Å². The molecule has 0 aromatic carbocycles. The summed E-state index contributed by atoms with van der Waals surface area (Å²) in [5.41, 5.74) is 0.477. The maximum atomic E-state index is 13.0. The van der Waals surface area contributed by atoms with Gasteiger partial charge in [-0.25, -0.2) is 19.9 Å². The molecule has 4 heterocycles. The van der Waals surface area contributed by atoms with E-state index in [9.17, 15) is 22.8 Å². The summed E-state index contributed by atoms with van der Waals surface area (Å²) in [6, 6.07) is 1.74. The Morgan fingerprint density at radius 3 is 2.59 bits per heavy atom. The van der Waals surface area contributed by atoms with Gasteiger partial charge in [0, 0.05) is 24.3 Å². The van der Waals surface area contributed by atoms with Gasteiger partial charge in [-0.05, 0) is 19.1 Å². The van der Waals surface area contributed by atoms with Gasteiger partial charge in [-0.15, -0.1) is 11.3 Å². The highest BCUT2D eigenvalue weighted by atomic mass is 35.5. The van der Waals surface area contributed by atoms with E-state index in [0.717, 1.165) is 23.1 Å². The summed E-state index contributed by atoms with van der Waals surface area (Å²) >= 11 is 6.52. The fourth-order valence-corrected chi connectivity index (χ4v) is 4.01. The maximum Gasteiger partial charge on any atom is 0.418 e. The van der Waals surface area contributed by atoms with Gasteiger partial charge in [0.2, 0.25) is 0 Å². The van der Waals surface area contributed by atoms with E-state index in [2.05, 4.69) is 30.6 Å². The molecule has 2 N–H and O–H groups in total. The lowest BCUT2D eigenvalue weighted by Gasteiger charge is -2.11. The van der Waals surface area contributed by atoms with Crippen LogP contribution >= 0.6 is 22.9 Å². The number of alkyl halides is 3. The molecule has 4 aromatic heterocycles. The minimum atomic E-state index is -4.70. The second-order valence-corrected chi connectivity index (χ2v) is 8.65. The molecule has 176 valence electrons. The Bertz CT molecular complexity index is 1400. The Morgan fingerprint density at radius 1 is 1.09 bits per heavy atom. The molecule has 0 saturated heterocycles. The fourth-order valence-electron chi connectivity index (χ4n) is 2.98. The van der Waals surface area contributed by atoms with Crippen LogP contribution in [-0.2, 0) is 13.2 Å². The molecule has 9 nitrogen and oxygen atoms in total. The van der Waals surface area contributed by atoms with Crippen LogP contribution in [0.15, 0.2) is 37.1 Å². The van der Waals surface area contributed by atoms with Crippen molar-refractivity contribution in [3.8, 4) is 0 Å². The summed E-state index contributed by atoms with van der Waals surface area (Å²) in [6.07, 6.45) is 0.626. The lowest BCUT2D eigenvalue weighted by Crippen LogP contribution is -2.27. The number of fused-ring (bicyclic) bond motifs is 1. The number of nitrogens with zero attached hydrogens (tertiary/aromatic N) is 5. The van der Waals surface area contributed by atoms with Crippen molar-refractivity contribution < 1.29 is 22.8 Å². The Hall–Kier alpha value is -3.58. The molecular formula is C20H15ClF3N7O2S. The van der Waals surface area contributed by atoms with Crippen molar-refractivity contribution in [1.29, 1.82) is 0 Å². The highest BCUT2D eigenvalue weighted by Crippen LogP contribution is 2.35. The van der Waals surface area contributed by atoms with Crippen LogP contribution in [0.4, 0.5) is 19.0 Å². The maximum absolute atomic E-state index is 13.0. The second kappa shape index (κ2) is 8.99. The predicted molar refractivity (Wildman–Crippen MR) is 119 cm³/mol. The van der Waals surface area contributed by atoms with Crippen LogP contribution in [0.3, 0.4) is 0 Å². The Balaban J connectivity index is 1.44. The van der Waals surface area contributed by atoms with Crippen LogP contribution in [0, 0.1) is 0 Å². The SMILES string of the molecule is C[C@@H](NC(=O)c1cc2c(cn1)ncn2C)c1cnc(C(=O)Nc2cc(C(F)(F)F)c(Cl)cn2)s1. The quantitative estimate of drug-likeness (QED) is 0.416. The van der Waals surface area contributed by atoms with E-state index in [1.54, 1.807) is 30.9 Å². The van der Waals surface area contributed by atoms with Gasteiger partial charge in [0.15, 0.2) is 5.01 Å². The third-order valence-electron chi connectivity index (χ3n) is 4.74. The summed E-state index contributed by atoms with van der Waals surface area (Å²) < 4.78 is 40.8. The van der Waals surface area contributed by atoms with Gasteiger partial charge in [-0.3, -0.25) is 9.59 Å². The van der Waals surface area contributed by atoms with E-state index in [1.807, 2.05) is 0 Å². The largest absolute Gasteiger partial charge is 0.418 e. The number of hydrogen-bond donors (Lipinski definition) is 2. The number of carbonyl (C=O) groups excluding carboxylic acids is 2. The molecular weight excluding hydrogens is 495 g/mol. The van der Waals surface area contributed by atoms with Crippen LogP contribution in [0.2, 0.25) is 5.02 Å². The molecule has 0 unspecified atom stereocenters. The summed E-state index contributed by atoms with van der Waals surface area (Å²) in [4.78, 5) is 41.6. The normalized spacial score (nSPS) is 12.5. The number of imidazole rings is 1. The van der Waals surface area contributed by atoms with Crippen molar-refractivity contribution in [1.82, 2.24) is 29.8 Å². The number of amides is 2. The van der Waals surface area contributed by atoms with E-state index in [1.165, 1.54) is 12.4 Å². The van der Waals surface area contributed by atoms with Gasteiger partial charge in [-0.2, -0.15) is 13.2 Å². The van der Waals surface area contributed by atoms with Crippen LogP contribution in [0.5, 0.6) is 0 Å². The molecule has 0 bridgehead atoms. The summed E-state index contributed by atoms with van der Waals surface area (Å²) in [5.74, 6) is -1.50. The van der Waals surface area contributed by atoms with Crippen LogP contribution < -0.4 is 10.6 Å². The molecule has 14 heteroatoms. The molecule has 4 rings (SSSR count). The number of pyridine rings is 2. The third kappa shape index (κ3) is 4.84. The molecule has 2 amide bonds. The van der Waals surface area contributed by atoms with Gasteiger partial charge in [-0.1, -0.05) is 11.6 Å². The standard InChI is InChI=1S/C20H15ClF3N7O2S/c1-9(29-17(32)12-4-14-13(6-25-12)28-8-31(14)2)15-7-27-19(34-15)18(33)30-16-3-10(20(22,23)24)11(21)5-26-16/h3-9H,1-2H3,(H,29,32)(H,26,30,33)/t9-/m1/s1. The Labute approximate surface area is 199 Å². The minimum Gasteiger partial charge on any atom is -0.343 e. The van der Waals surface area contributed by atoms with Crippen molar-refractivity contribution in [2.24, 2.45) is 7.05 Å². The lowest BCUT2D eigenvalue weighted by molar-refractivity contribution is -0.137. The third-order valence-corrected chi connectivity index (χ3v) is 6.22. The topological polar surface area (TPSA) is 115 Å². The number of aryl methyl sites for hydroxylation is 1. The fraction of sp³-hybridized carbons (Fsp3) is 0.200. The highest BCUT2D eigenvalue weighted by molar-refractivity contribution is 7.13. The number of aromatic nitrogens is 5. The van der Waals surface area contributed by atoms with Gasteiger partial charge in [0.25, 0.3) is 11.8 Å². The zero-order valence-corrected chi connectivity index (χ0v) is 19.1. The smallest absolute Gasteiger partial charge is 0.343 e. The van der Waals surface area contributed by atoms with E-state index in [0.29, 0.717) is 16.5 Å². The average Bonchev–Trinajstić information content (AvgIpc) is 3.41. The monoisotopic (exact) mass is 509 g/mol. The second-order valence-electron chi connectivity index (χ2n) is 7.18. The van der Waals surface area contributed by atoms with E-state index >= 15 is 0 Å². The number of halogens is 4. The molecule has 0 spiro atoms. The molecule has 0 aliphatic heterocycles. The van der Waals surface area contributed by atoms with Crippen LogP contribution in [0.1, 0.15) is 43.7 Å². The number of carbonyl (C=O) groups is 2. The first-order valence-electron chi connectivity index (χ1n) is 9.60. The van der Waals surface area contributed by atoms with E-state index in [4.69, 9.17) is 11.6 Å². The number of thiazole rings is 1. The summed E-state index contributed by atoms with van der Waals surface area (Å²) in [5, 5.41) is 4.45. The predicted octanol–water partition coefficient (Wildman–Crippen LogP) is 4.24. The Kier molecular flexibility index (Phi) is 6.23. The Morgan fingerprint density at radius 2 is 1.85 bits per heavy atom. The van der Waals surface area contributed by atoms with Gasteiger partial charge in [0.05, 0.1) is 34.7 Å². The molecule has 4 aromatic rings. The van der Waals surface area contributed by atoms with Crippen molar-refractivity contribution in [2.75, 3.05) is 5.32 Å². The molecule has 0 aliphatic rings. The highest BCUT2D eigenvalue weighted by Gasteiger charge is 2.34. The van der Waals surface area contributed by atoms with Crippen LogP contribution in [0.25, 0.3) is 11.0 Å². The van der Waals surface area contributed by atoms with Crippen LogP contribution in [-0.4, -0.2) is 36.3 Å². The molecule has 0 saturated carbocycles. The molecule has 0 radical (unpaired) electrons. The zero-order chi connectivity index (χ0) is 24.6. The molecule has 1 atom stereocenters.